The van der Waals surface area contributed by atoms with Crippen molar-refractivity contribution >= 4 is 11.8 Å². The molecular formula is C14H23F3N2O2. The number of hydrogen-bond acceptors (Lipinski definition) is 2. The summed E-state index contributed by atoms with van der Waals surface area (Å²) >= 11 is 0. The Morgan fingerprint density at radius 2 is 1.86 bits per heavy atom. The van der Waals surface area contributed by atoms with Crippen LogP contribution in [0.4, 0.5) is 13.2 Å². The van der Waals surface area contributed by atoms with Gasteiger partial charge in [0.25, 0.3) is 0 Å². The highest BCUT2D eigenvalue weighted by Crippen LogP contribution is 2.25. The molecule has 21 heavy (non-hydrogen) atoms. The number of nitrogens with zero attached hydrogens (tertiary/aromatic N) is 1. The second-order valence-electron chi connectivity index (χ2n) is 5.67. The van der Waals surface area contributed by atoms with E-state index in [0.29, 0.717) is 12.8 Å². The van der Waals surface area contributed by atoms with Gasteiger partial charge in [-0.3, -0.25) is 9.59 Å². The number of alkyl halides is 3. The first-order valence-corrected chi connectivity index (χ1v) is 7.34. The van der Waals surface area contributed by atoms with E-state index in [1.54, 1.807) is 20.8 Å². The van der Waals surface area contributed by atoms with E-state index in [2.05, 4.69) is 5.32 Å². The minimum atomic E-state index is -4.18. The molecule has 1 fully saturated rings. The summed E-state index contributed by atoms with van der Waals surface area (Å²) in [5.41, 5.74) is -0.952. The SMILES string of the molecule is CCC1C(=O)NC(C)(CC)C(=O)N1CCCCC(F)(F)F. The van der Waals surface area contributed by atoms with Crippen LogP contribution in [0.5, 0.6) is 0 Å². The van der Waals surface area contributed by atoms with Crippen LogP contribution in [0.2, 0.25) is 0 Å². The third kappa shape index (κ3) is 4.35. The molecule has 1 rings (SSSR count). The summed E-state index contributed by atoms with van der Waals surface area (Å²) in [5, 5.41) is 2.73. The van der Waals surface area contributed by atoms with E-state index in [1.807, 2.05) is 0 Å². The Morgan fingerprint density at radius 1 is 1.24 bits per heavy atom. The van der Waals surface area contributed by atoms with Crippen molar-refractivity contribution in [3.05, 3.63) is 0 Å². The van der Waals surface area contributed by atoms with Gasteiger partial charge in [0.1, 0.15) is 11.6 Å². The van der Waals surface area contributed by atoms with Gasteiger partial charge < -0.3 is 10.2 Å². The van der Waals surface area contributed by atoms with Gasteiger partial charge in [-0.15, -0.1) is 0 Å². The topological polar surface area (TPSA) is 49.4 Å². The summed E-state index contributed by atoms with van der Waals surface area (Å²) in [5.74, 6) is -0.430. The number of rotatable bonds is 6. The van der Waals surface area contributed by atoms with Gasteiger partial charge in [0, 0.05) is 13.0 Å². The Labute approximate surface area is 123 Å². The molecule has 0 aromatic heterocycles. The van der Waals surface area contributed by atoms with Crippen molar-refractivity contribution in [3.63, 3.8) is 0 Å². The fourth-order valence-corrected chi connectivity index (χ4v) is 2.52. The lowest BCUT2D eigenvalue weighted by atomic mass is 9.91. The minimum Gasteiger partial charge on any atom is -0.340 e. The minimum absolute atomic E-state index is 0.0336. The number of nitrogens with one attached hydrogen (secondary N) is 1. The standard InChI is InChI=1S/C14H23F3N2O2/c1-4-10-11(20)18-13(3,5-2)12(21)19(10)9-7-6-8-14(15,16)17/h10H,4-9H2,1-3H3,(H,18,20). The van der Waals surface area contributed by atoms with Gasteiger partial charge in [-0.05, 0) is 32.6 Å². The molecule has 0 saturated carbocycles. The molecule has 0 bridgehead atoms. The van der Waals surface area contributed by atoms with E-state index in [9.17, 15) is 22.8 Å². The predicted octanol–water partition coefficient (Wildman–Crippen LogP) is 2.62. The van der Waals surface area contributed by atoms with Crippen LogP contribution in [0.1, 0.15) is 52.9 Å². The molecule has 2 amide bonds. The van der Waals surface area contributed by atoms with Crippen molar-refractivity contribution in [1.29, 1.82) is 0 Å². The number of piperazine rings is 1. The molecular weight excluding hydrogens is 285 g/mol. The number of carbonyl (C=O) groups excluding carboxylic acids is 2. The third-order valence-corrected chi connectivity index (χ3v) is 4.01. The zero-order valence-electron chi connectivity index (χ0n) is 12.7. The molecule has 0 aromatic rings. The van der Waals surface area contributed by atoms with Crippen LogP contribution in [-0.2, 0) is 9.59 Å². The molecule has 0 aromatic carbocycles. The lowest BCUT2D eigenvalue weighted by Gasteiger charge is -2.44. The molecule has 2 unspecified atom stereocenters. The lowest BCUT2D eigenvalue weighted by Crippen LogP contribution is -2.68. The quantitative estimate of drug-likeness (QED) is 0.767. The van der Waals surface area contributed by atoms with Gasteiger partial charge in [0.15, 0.2) is 0 Å². The van der Waals surface area contributed by atoms with E-state index in [-0.39, 0.29) is 31.2 Å². The number of hydrogen-bond donors (Lipinski definition) is 1. The van der Waals surface area contributed by atoms with Gasteiger partial charge in [-0.1, -0.05) is 13.8 Å². The van der Waals surface area contributed by atoms with E-state index in [0.717, 1.165) is 0 Å². The van der Waals surface area contributed by atoms with Crippen molar-refractivity contribution in [2.45, 2.75) is 70.6 Å². The van der Waals surface area contributed by atoms with Gasteiger partial charge in [-0.2, -0.15) is 13.2 Å². The highest BCUT2D eigenvalue weighted by molar-refractivity contribution is 5.99. The first-order chi connectivity index (χ1) is 9.64. The molecule has 7 heteroatoms. The first kappa shape index (κ1) is 17.8. The Kier molecular flexibility index (Phi) is 5.64. The van der Waals surface area contributed by atoms with Crippen LogP contribution in [0.25, 0.3) is 0 Å². The Hall–Kier alpha value is -1.27. The number of carbonyl (C=O) groups is 2. The Balaban J connectivity index is 2.70. The van der Waals surface area contributed by atoms with Gasteiger partial charge >= 0.3 is 6.18 Å². The van der Waals surface area contributed by atoms with Crippen molar-refractivity contribution in [1.82, 2.24) is 10.2 Å². The molecule has 122 valence electrons. The number of unbranched alkanes of at least 4 members (excludes halogenated alkanes) is 1. The molecule has 1 aliphatic heterocycles. The van der Waals surface area contributed by atoms with Gasteiger partial charge in [0.2, 0.25) is 11.8 Å². The summed E-state index contributed by atoms with van der Waals surface area (Å²) < 4.78 is 36.4. The second kappa shape index (κ2) is 6.66. The molecule has 1 heterocycles. The van der Waals surface area contributed by atoms with Crippen LogP contribution in [-0.4, -0.2) is 41.0 Å². The Bertz CT molecular complexity index is 398. The maximum atomic E-state index is 12.5. The van der Waals surface area contributed by atoms with Crippen LogP contribution >= 0.6 is 0 Å². The fourth-order valence-electron chi connectivity index (χ4n) is 2.52. The van der Waals surface area contributed by atoms with Crippen molar-refractivity contribution in [3.8, 4) is 0 Å². The summed E-state index contributed by atoms with van der Waals surface area (Å²) in [4.78, 5) is 26.0. The second-order valence-corrected chi connectivity index (χ2v) is 5.67. The molecule has 0 radical (unpaired) electrons. The highest BCUT2D eigenvalue weighted by Gasteiger charge is 2.45. The van der Waals surface area contributed by atoms with E-state index >= 15 is 0 Å². The highest BCUT2D eigenvalue weighted by atomic mass is 19.4. The van der Waals surface area contributed by atoms with Crippen molar-refractivity contribution in [2.75, 3.05) is 6.54 Å². The monoisotopic (exact) mass is 308 g/mol. The lowest BCUT2D eigenvalue weighted by molar-refractivity contribution is -0.155. The summed E-state index contributed by atoms with van der Waals surface area (Å²) in [7, 11) is 0. The predicted molar refractivity (Wildman–Crippen MR) is 72.5 cm³/mol. The smallest absolute Gasteiger partial charge is 0.340 e. The molecule has 1 saturated heterocycles. The summed E-state index contributed by atoms with van der Waals surface area (Å²) in [6.45, 7) is 5.43. The van der Waals surface area contributed by atoms with E-state index in [1.165, 1.54) is 4.90 Å². The molecule has 0 spiro atoms. The van der Waals surface area contributed by atoms with Gasteiger partial charge in [-0.25, -0.2) is 0 Å². The molecule has 2 atom stereocenters. The average molecular weight is 308 g/mol. The Morgan fingerprint density at radius 3 is 2.33 bits per heavy atom. The van der Waals surface area contributed by atoms with Crippen molar-refractivity contribution in [2.24, 2.45) is 0 Å². The van der Waals surface area contributed by atoms with Crippen molar-refractivity contribution < 1.29 is 22.8 Å². The summed E-state index contributed by atoms with van der Waals surface area (Å²) in [6, 6.07) is -0.581. The molecule has 1 N–H and O–H groups in total. The zero-order valence-corrected chi connectivity index (χ0v) is 12.7. The maximum absolute atomic E-state index is 12.5. The normalized spacial score (nSPS) is 27.0. The van der Waals surface area contributed by atoms with Crippen LogP contribution in [0.15, 0.2) is 0 Å². The molecule has 1 aliphatic rings. The summed E-state index contributed by atoms with van der Waals surface area (Å²) in [6.07, 6.45) is -3.92. The van der Waals surface area contributed by atoms with Crippen LogP contribution < -0.4 is 5.32 Å². The average Bonchev–Trinajstić information content (AvgIpc) is 2.38. The fraction of sp³-hybridized carbons (Fsp3) is 0.857. The largest absolute Gasteiger partial charge is 0.389 e. The molecule has 4 nitrogen and oxygen atoms in total. The zero-order chi connectivity index (χ0) is 16.3. The number of halogens is 3. The maximum Gasteiger partial charge on any atom is 0.389 e. The van der Waals surface area contributed by atoms with Gasteiger partial charge in [0.05, 0.1) is 0 Å². The third-order valence-electron chi connectivity index (χ3n) is 4.01. The molecule has 0 aliphatic carbocycles. The first-order valence-electron chi connectivity index (χ1n) is 7.34. The van der Waals surface area contributed by atoms with Crippen LogP contribution in [0.3, 0.4) is 0 Å². The van der Waals surface area contributed by atoms with Crippen LogP contribution in [0, 0.1) is 0 Å². The van der Waals surface area contributed by atoms with E-state index < -0.39 is 24.2 Å². The number of amides is 2. The van der Waals surface area contributed by atoms with E-state index in [4.69, 9.17) is 0 Å².